The number of amides is 1. The topological polar surface area (TPSA) is 78.9 Å². The van der Waals surface area contributed by atoms with Crippen LogP contribution in [0.5, 0.6) is 0 Å². The van der Waals surface area contributed by atoms with E-state index >= 15 is 0 Å². The molecule has 4 nitrogen and oxygen atoms in total. The number of benzene rings is 2. The molecule has 0 spiro atoms. The van der Waals surface area contributed by atoms with Crippen molar-refractivity contribution < 1.29 is 4.79 Å². The summed E-state index contributed by atoms with van der Waals surface area (Å²) in [6, 6.07) is 15.9. The maximum atomic E-state index is 11.7. The van der Waals surface area contributed by atoms with Crippen molar-refractivity contribution in [3.8, 4) is 6.07 Å². The zero-order valence-corrected chi connectivity index (χ0v) is 11.1. The van der Waals surface area contributed by atoms with E-state index in [1.165, 1.54) is 0 Å². The number of carbonyl (C=O) groups excluding carboxylic acids is 1. The van der Waals surface area contributed by atoms with Gasteiger partial charge in [-0.15, -0.1) is 0 Å². The Morgan fingerprint density at radius 2 is 2.00 bits per heavy atom. The lowest BCUT2D eigenvalue weighted by atomic mass is 10.0. The van der Waals surface area contributed by atoms with Gasteiger partial charge in [-0.1, -0.05) is 24.3 Å². The average Bonchev–Trinajstić information content (AvgIpc) is 2.44. The second-order valence-corrected chi connectivity index (χ2v) is 4.59. The molecule has 0 heterocycles. The molecule has 0 fully saturated rings. The summed E-state index contributed by atoms with van der Waals surface area (Å²) >= 11 is 0. The number of nitrogens with zero attached hydrogens (tertiary/aromatic N) is 1. The van der Waals surface area contributed by atoms with Crippen LogP contribution in [0.15, 0.2) is 48.5 Å². The lowest BCUT2D eigenvalue weighted by Crippen LogP contribution is -2.27. The fourth-order valence-electron chi connectivity index (χ4n) is 2.01. The van der Waals surface area contributed by atoms with E-state index in [0.29, 0.717) is 11.1 Å². The van der Waals surface area contributed by atoms with Gasteiger partial charge in [-0.3, -0.25) is 4.79 Å². The number of rotatable bonds is 4. The summed E-state index contributed by atoms with van der Waals surface area (Å²) < 4.78 is 0. The summed E-state index contributed by atoms with van der Waals surface area (Å²) in [5, 5.41) is 12.0. The molecule has 20 heavy (non-hydrogen) atoms. The fourth-order valence-corrected chi connectivity index (χ4v) is 2.01. The Kier molecular flexibility index (Phi) is 4.02. The van der Waals surface area contributed by atoms with Crippen LogP contribution in [0, 0.1) is 18.3 Å². The van der Waals surface area contributed by atoms with Gasteiger partial charge in [0.1, 0.15) is 6.04 Å². The van der Waals surface area contributed by atoms with Gasteiger partial charge in [-0.05, 0) is 42.3 Å². The first kappa shape index (κ1) is 13.6. The molecule has 0 aliphatic carbocycles. The standard InChI is InChI=1S/C16H15N3O/c1-11-4-2-7-14(8-11)19-15(16(18)20)13-6-3-5-12(9-13)10-17/h2-9,15,19H,1H3,(H2,18,20). The minimum absolute atomic E-state index is 0.485. The molecule has 0 aliphatic heterocycles. The zero-order chi connectivity index (χ0) is 14.5. The second-order valence-electron chi connectivity index (χ2n) is 4.59. The molecule has 2 rings (SSSR count). The Bertz CT molecular complexity index is 673. The quantitative estimate of drug-likeness (QED) is 0.891. The highest BCUT2D eigenvalue weighted by Gasteiger charge is 2.17. The Morgan fingerprint density at radius 3 is 2.65 bits per heavy atom. The van der Waals surface area contributed by atoms with Gasteiger partial charge in [-0.25, -0.2) is 0 Å². The van der Waals surface area contributed by atoms with Gasteiger partial charge in [0.25, 0.3) is 0 Å². The lowest BCUT2D eigenvalue weighted by Gasteiger charge is -2.17. The van der Waals surface area contributed by atoms with E-state index in [1.54, 1.807) is 24.3 Å². The molecule has 0 aromatic heterocycles. The third-order valence-corrected chi connectivity index (χ3v) is 2.96. The molecule has 0 radical (unpaired) electrons. The van der Waals surface area contributed by atoms with Gasteiger partial charge in [0.15, 0.2) is 0 Å². The highest BCUT2D eigenvalue weighted by atomic mass is 16.1. The molecule has 0 saturated carbocycles. The van der Waals surface area contributed by atoms with Crippen molar-refractivity contribution in [2.75, 3.05) is 5.32 Å². The summed E-state index contributed by atoms with van der Waals surface area (Å²) in [6.45, 7) is 1.97. The third-order valence-electron chi connectivity index (χ3n) is 2.96. The van der Waals surface area contributed by atoms with Crippen LogP contribution < -0.4 is 11.1 Å². The van der Waals surface area contributed by atoms with Crippen LogP contribution in [0.25, 0.3) is 0 Å². The van der Waals surface area contributed by atoms with Crippen LogP contribution >= 0.6 is 0 Å². The number of hydrogen-bond acceptors (Lipinski definition) is 3. The number of hydrogen-bond donors (Lipinski definition) is 2. The molecule has 2 aromatic rings. The Balaban J connectivity index is 2.32. The van der Waals surface area contributed by atoms with Gasteiger partial charge in [0.05, 0.1) is 11.6 Å². The number of nitriles is 1. The maximum absolute atomic E-state index is 11.7. The molecule has 1 unspecified atom stereocenters. The van der Waals surface area contributed by atoms with Crippen LogP contribution in [0.1, 0.15) is 22.7 Å². The van der Waals surface area contributed by atoms with Crippen molar-refractivity contribution in [1.29, 1.82) is 5.26 Å². The molecular formula is C16H15N3O. The van der Waals surface area contributed by atoms with Gasteiger partial charge >= 0.3 is 0 Å². The summed E-state index contributed by atoms with van der Waals surface area (Å²) in [7, 11) is 0. The predicted octanol–water partition coefficient (Wildman–Crippen LogP) is 2.51. The summed E-state index contributed by atoms with van der Waals surface area (Å²) in [6.07, 6.45) is 0. The minimum atomic E-state index is -0.662. The van der Waals surface area contributed by atoms with Gasteiger partial charge < -0.3 is 11.1 Å². The molecule has 0 saturated heterocycles. The van der Waals surface area contributed by atoms with E-state index < -0.39 is 11.9 Å². The van der Waals surface area contributed by atoms with Crippen molar-refractivity contribution in [2.45, 2.75) is 13.0 Å². The maximum Gasteiger partial charge on any atom is 0.244 e. The molecular weight excluding hydrogens is 250 g/mol. The highest BCUT2D eigenvalue weighted by Crippen LogP contribution is 2.21. The molecule has 100 valence electrons. The summed E-state index contributed by atoms with van der Waals surface area (Å²) in [5.41, 5.74) is 8.54. The monoisotopic (exact) mass is 265 g/mol. The normalized spacial score (nSPS) is 11.4. The minimum Gasteiger partial charge on any atom is -0.370 e. The zero-order valence-electron chi connectivity index (χ0n) is 11.1. The second kappa shape index (κ2) is 5.89. The SMILES string of the molecule is Cc1cccc(NC(C(N)=O)c2cccc(C#N)c2)c1. The summed E-state index contributed by atoms with van der Waals surface area (Å²) in [4.78, 5) is 11.7. The molecule has 0 bridgehead atoms. The van der Waals surface area contributed by atoms with Crippen molar-refractivity contribution in [3.05, 3.63) is 65.2 Å². The largest absolute Gasteiger partial charge is 0.370 e. The molecule has 4 heteroatoms. The van der Waals surface area contributed by atoms with E-state index in [0.717, 1.165) is 11.3 Å². The number of aryl methyl sites for hydroxylation is 1. The smallest absolute Gasteiger partial charge is 0.244 e. The van der Waals surface area contributed by atoms with Crippen LogP contribution in [-0.2, 0) is 4.79 Å². The van der Waals surface area contributed by atoms with Crippen LogP contribution in [-0.4, -0.2) is 5.91 Å². The number of nitrogens with one attached hydrogen (secondary N) is 1. The molecule has 0 aliphatic rings. The predicted molar refractivity (Wildman–Crippen MR) is 77.9 cm³/mol. The van der Waals surface area contributed by atoms with Crippen molar-refractivity contribution in [2.24, 2.45) is 5.73 Å². The average molecular weight is 265 g/mol. The van der Waals surface area contributed by atoms with Gasteiger partial charge in [0.2, 0.25) is 5.91 Å². The fraction of sp³-hybridized carbons (Fsp3) is 0.125. The molecule has 2 aromatic carbocycles. The first-order chi connectivity index (χ1) is 9.60. The van der Waals surface area contributed by atoms with Crippen molar-refractivity contribution in [1.82, 2.24) is 0 Å². The van der Waals surface area contributed by atoms with Crippen molar-refractivity contribution in [3.63, 3.8) is 0 Å². The lowest BCUT2D eigenvalue weighted by molar-refractivity contribution is -0.118. The Hall–Kier alpha value is -2.80. The van der Waals surface area contributed by atoms with Crippen LogP contribution in [0.3, 0.4) is 0 Å². The van der Waals surface area contributed by atoms with E-state index in [2.05, 4.69) is 11.4 Å². The van der Waals surface area contributed by atoms with E-state index in [9.17, 15) is 4.79 Å². The number of nitrogens with two attached hydrogens (primary N) is 1. The Morgan fingerprint density at radius 1 is 1.25 bits per heavy atom. The molecule has 3 N–H and O–H groups in total. The molecule has 1 amide bonds. The van der Waals surface area contributed by atoms with Crippen molar-refractivity contribution >= 4 is 11.6 Å². The number of primary amides is 1. The molecule has 1 atom stereocenters. The summed E-state index contributed by atoms with van der Waals surface area (Å²) in [5.74, 6) is -0.485. The van der Waals surface area contributed by atoms with Gasteiger partial charge in [0, 0.05) is 5.69 Å². The van der Waals surface area contributed by atoms with E-state index in [1.807, 2.05) is 31.2 Å². The van der Waals surface area contributed by atoms with E-state index in [4.69, 9.17) is 11.0 Å². The first-order valence-corrected chi connectivity index (χ1v) is 6.23. The Labute approximate surface area is 117 Å². The van der Waals surface area contributed by atoms with Gasteiger partial charge in [-0.2, -0.15) is 5.26 Å². The van der Waals surface area contributed by atoms with Crippen LogP contribution in [0.4, 0.5) is 5.69 Å². The highest BCUT2D eigenvalue weighted by molar-refractivity contribution is 5.84. The van der Waals surface area contributed by atoms with Crippen LogP contribution in [0.2, 0.25) is 0 Å². The number of anilines is 1. The third kappa shape index (κ3) is 3.15. The number of carbonyl (C=O) groups is 1. The van der Waals surface area contributed by atoms with E-state index in [-0.39, 0.29) is 0 Å². The first-order valence-electron chi connectivity index (χ1n) is 6.23.